The first-order valence-corrected chi connectivity index (χ1v) is 5.26. The van der Waals surface area contributed by atoms with Crippen molar-refractivity contribution in [3.05, 3.63) is 35.7 Å². The summed E-state index contributed by atoms with van der Waals surface area (Å²) >= 11 is 0. The van der Waals surface area contributed by atoms with Gasteiger partial charge in [0.05, 0.1) is 17.6 Å². The van der Waals surface area contributed by atoms with Crippen molar-refractivity contribution in [3.63, 3.8) is 0 Å². The largest absolute Gasteiger partial charge is 0.371 e. The minimum Gasteiger partial charge on any atom is -0.371 e. The molecule has 0 fully saturated rings. The molecule has 0 atom stereocenters. The third-order valence-corrected chi connectivity index (χ3v) is 2.57. The maximum atomic E-state index is 13.7. The maximum absolute atomic E-state index is 13.7. The Labute approximate surface area is 99.0 Å². The van der Waals surface area contributed by atoms with Gasteiger partial charge in [0.1, 0.15) is 5.69 Å². The summed E-state index contributed by atoms with van der Waals surface area (Å²) in [5.74, 6) is 0.166. The molecule has 0 bridgehead atoms. The van der Waals surface area contributed by atoms with Gasteiger partial charge in [-0.1, -0.05) is 0 Å². The normalized spacial score (nSPS) is 10.4. The number of nitrogens with one attached hydrogen (secondary N) is 1. The standard InChI is InChI=1S/C12H13FN4/c1-7-8(2)17-12(14-3)11(16-7)9-4-5-15-6-10(9)13/h4-6H,1-3H3,(H,14,17). The molecule has 88 valence electrons. The average Bonchev–Trinajstić information content (AvgIpc) is 2.33. The summed E-state index contributed by atoms with van der Waals surface area (Å²) in [7, 11) is 1.74. The predicted molar refractivity (Wildman–Crippen MR) is 64.2 cm³/mol. The summed E-state index contributed by atoms with van der Waals surface area (Å²) in [6, 6.07) is 1.59. The highest BCUT2D eigenvalue weighted by molar-refractivity contribution is 5.71. The molecule has 0 saturated heterocycles. The number of aryl methyl sites for hydroxylation is 2. The van der Waals surface area contributed by atoms with Crippen molar-refractivity contribution in [2.45, 2.75) is 13.8 Å². The fourth-order valence-electron chi connectivity index (χ4n) is 1.53. The number of aromatic nitrogens is 3. The topological polar surface area (TPSA) is 50.7 Å². The van der Waals surface area contributed by atoms with E-state index in [1.165, 1.54) is 12.4 Å². The Morgan fingerprint density at radius 3 is 2.53 bits per heavy atom. The predicted octanol–water partition coefficient (Wildman–Crippen LogP) is 2.34. The highest BCUT2D eigenvalue weighted by atomic mass is 19.1. The second kappa shape index (κ2) is 4.45. The smallest absolute Gasteiger partial charge is 0.152 e. The third-order valence-electron chi connectivity index (χ3n) is 2.57. The fraction of sp³-hybridized carbons (Fsp3) is 0.250. The summed E-state index contributed by atoms with van der Waals surface area (Å²) < 4.78 is 13.7. The van der Waals surface area contributed by atoms with Crippen molar-refractivity contribution >= 4 is 5.82 Å². The van der Waals surface area contributed by atoms with Crippen LogP contribution in [0.3, 0.4) is 0 Å². The Balaban J connectivity index is 2.67. The van der Waals surface area contributed by atoms with Crippen LogP contribution < -0.4 is 5.32 Å². The molecule has 0 aliphatic heterocycles. The summed E-state index contributed by atoms with van der Waals surface area (Å²) in [6.45, 7) is 3.72. The lowest BCUT2D eigenvalue weighted by Gasteiger charge is -2.10. The summed E-state index contributed by atoms with van der Waals surface area (Å²) in [4.78, 5) is 12.5. The molecule has 2 heterocycles. The minimum absolute atomic E-state index is 0.401. The van der Waals surface area contributed by atoms with E-state index in [1.54, 1.807) is 13.1 Å². The lowest BCUT2D eigenvalue weighted by Crippen LogP contribution is -2.03. The first-order valence-electron chi connectivity index (χ1n) is 5.26. The number of anilines is 1. The average molecular weight is 232 g/mol. The van der Waals surface area contributed by atoms with E-state index in [2.05, 4.69) is 20.3 Å². The van der Waals surface area contributed by atoms with Crippen LogP contribution in [0.4, 0.5) is 10.2 Å². The van der Waals surface area contributed by atoms with Crippen LogP contribution in [0.1, 0.15) is 11.4 Å². The summed E-state index contributed by atoms with van der Waals surface area (Å²) in [6.07, 6.45) is 2.71. The van der Waals surface area contributed by atoms with E-state index < -0.39 is 5.82 Å². The van der Waals surface area contributed by atoms with Crippen LogP contribution in [0, 0.1) is 19.7 Å². The van der Waals surface area contributed by atoms with Gasteiger partial charge in [0.15, 0.2) is 11.6 Å². The molecule has 0 aliphatic rings. The molecule has 2 aromatic rings. The van der Waals surface area contributed by atoms with Crippen LogP contribution in [0.15, 0.2) is 18.5 Å². The van der Waals surface area contributed by atoms with Crippen molar-refractivity contribution in [1.29, 1.82) is 0 Å². The maximum Gasteiger partial charge on any atom is 0.152 e. The summed E-state index contributed by atoms with van der Waals surface area (Å²) in [5.41, 5.74) is 2.53. The molecule has 0 unspecified atom stereocenters. The number of hydrogen-bond donors (Lipinski definition) is 1. The highest BCUT2D eigenvalue weighted by Crippen LogP contribution is 2.26. The van der Waals surface area contributed by atoms with Crippen LogP contribution >= 0.6 is 0 Å². The molecule has 0 aromatic carbocycles. The van der Waals surface area contributed by atoms with Crippen LogP contribution in [-0.4, -0.2) is 22.0 Å². The summed E-state index contributed by atoms with van der Waals surface area (Å²) in [5, 5.41) is 2.93. The van der Waals surface area contributed by atoms with Crippen molar-refractivity contribution < 1.29 is 4.39 Å². The van der Waals surface area contributed by atoms with E-state index in [0.29, 0.717) is 17.1 Å². The molecular weight excluding hydrogens is 219 g/mol. The number of nitrogens with zero attached hydrogens (tertiary/aromatic N) is 3. The SMILES string of the molecule is CNc1nc(C)c(C)nc1-c1ccncc1F. The zero-order valence-corrected chi connectivity index (χ0v) is 9.95. The second-order valence-electron chi connectivity index (χ2n) is 3.70. The Morgan fingerprint density at radius 1 is 1.18 bits per heavy atom. The van der Waals surface area contributed by atoms with Gasteiger partial charge in [-0.2, -0.15) is 0 Å². The van der Waals surface area contributed by atoms with Gasteiger partial charge >= 0.3 is 0 Å². The Morgan fingerprint density at radius 2 is 1.88 bits per heavy atom. The number of halogens is 1. The van der Waals surface area contributed by atoms with Crippen molar-refractivity contribution in [1.82, 2.24) is 15.0 Å². The molecule has 2 aromatic heterocycles. The number of rotatable bonds is 2. The third kappa shape index (κ3) is 2.08. The lowest BCUT2D eigenvalue weighted by atomic mass is 10.1. The first kappa shape index (κ1) is 11.4. The zero-order chi connectivity index (χ0) is 12.4. The molecule has 4 nitrogen and oxygen atoms in total. The monoisotopic (exact) mass is 232 g/mol. The van der Waals surface area contributed by atoms with Gasteiger partial charge in [-0.3, -0.25) is 4.98 Å². The molecule has 0 aliphatic carbocycles. The van der Waals surface area contributed by atoms with Crippen LogP contribution in [0.2, 0.25) is 0 Å². The van der Waals surface area contributed by atoms with E-state index in [0.717, 1.165) is 11.4 Å². The molecule has 5 heteroatoms. The van der Waals surface area contributed by atoms with Gasteiger partial charge in [0, 0.05) is 18.8 Å². The minimum atomic E-state index is -0.401. The van der Waals surface area contributed by atoms with E-state index in [4.69, 9.17) is 0 Å². The van der Waals surface area contributed by atoms with Crippen molar-refractivity contribution in [2.75, 3.05) is 12.4 Å². The molecule has 1 N–H and O–H groups in total. The van der Waals surface area contributed by atoms with Gasteiger partial charge in [0.25, 0.3) is 0 Å². The molecule has 2 rings (SSSR count). The fourth-order valence-corrected chi connectivity index (χ4v) is 1.53. The van der Waals surface area contributed by atoms with E-state index in [1.807, 2.05) is 13.8 Å². The first-order chi connectivity index (χ1) is 8.13. The zero-order valence-electron chi connectivity index (χ0n) is 9.95. The Bertz CT molecular complexity index is 554. The second-order valence-corrected chi connectivity index (χ2v) is 3.70. The molecular formula is C12H13FN4. The Kier molecular flexibility index (Phi) is 2.99. The van der Waals surface area contributed by atoms with E-state index in [9.17, 15) is 4.39 Å². The highest BCUT2D eigenvalue weighted by Gasteiger charge is 2.13. The number of pyridine rings is 1. The van der Waals surface area contributed by atoms with Crippen LogP contribution in [0.25, 0.3) is 11.3 Å². The quantitative estimate of drug-likeness (QED) is 0.863. The van der Waals surface area contributed by atoms with Gasteiger partial charge in [0.2, 0.25) is 0 Å². The van der Waals surface area contributed by atoms with E-state index >= 15 is 0 Å². The lowest BCUT2D eigenvalue weighted by molar-refractivity contribution is 0.624. The van der Waals surface area contributed by atoms with Gasteiger partial charge in [-0.15, -0.1) is 0 Å². The molecule has 0 radical (unpaired) electrons. The van der Waals surface area contributed by atoms with Gasteiger partial charge in [-0.25, -0.2) is 14.4 Å². The van der Waals surface area contributed by atoms with E-state index in [-0.39, 0.29) is 0 Å². The molecule has 0 saturated carbocycles. The van der Waals surface area contributed by atoms with Gasteiger partial charge in [-0.05, 0) is 19.9 Å². The molecule has 17 heavy (non-hydrogen) atoms. The van der Waals surface area contributed by atoms with Crippen molar-refractivity contribution in [3.8, 4) is 11.3 Å². The van der Waals surface area contributed by atoms with Gasteiger partial charge < -0.3 is 5.32 Å². The number of hydrogen-bond acceptors (Lipinski definition) is 4. The molecule has 0 amide bonds. The Hall–Kier alpha value is -2.04. The van der Waals surface area contributed by atoms with Crippen molar-refractivity contribution in [2.24, 2.45) is 0 Å². The molecule has 0 spiro atoms. The van der Waals surface area contributed by atoms with Crippen LogP contribution in [-0.2, 0) is 0 Å². The van der Waals surface area contributed by atoms with Crippen LogP contribution in [0.5, 0.6) is 0 Å².